The van der Waals surface area contributed by atoms with Crippen molar-refractivity contribution in [2.75, 3.05) is 26.7 Å². The Kier molecular flexibility index (Phi) is 13.8. The molecule has 26 heavy (non-hydrogen) atoms. The van der Waals surface area contributed by atoms with Crippen LogP contribution in [0.4, 0.5) is 0 Å². The molecule has 0 fully saturated rings. The molecule has 0 radical (unpaired) electrons. The smallest absolute Gasteiger partial charge is 0.305 e. The molecule has 0 aromatic carbocycles. The highest BCUT2D eigenvalue weighted by atomic mass is 127. The van der Waals surface area contributed by atoms with Gasteiger partial charge in [-0.2, -0.15) is 0 Å². The first-order chi connectivity index (χ1) is 12.0. The van der Waals surface area contributed by atoms with Crippen LogP contribution in [0, 0.1) is 0 Å². The maximum absolute atomic E-state index is 11.2. The van der Waals surface area contributed by atoms with E-state index in [0.717, 1.165) is 44.7 Å². The Balaban J connectivity index is 0.00000625. The summed E-state index contributed by atoms with van der Waals surface area (Å²) < 4.78 is 4.92. The first-order valence-electron chi connectivity index (χ1n) is 9.13. The number of nitrogens with zero attached hydrogens (tertiary/aromatic N) is 1. The molecule has 1 rings (SSSR count). The summed E-state index contributed by atoms with van der Waals surface area (Å²) in [5.41, 5.74) is 0.0822. The van der Waals surface area contributed by atoms with Crippen molar-refractivity contribution in [3.05, 3.63) is 22.4 Å². The molecule has 150 valence electrons. The molecule has 1 aromatic rings. The number of nitrogens with one attached hydrogen (secondary N) is 2. The molecule has 0 saturated carbocycles. The van der Waals surface area contributed by atoms with Gasteiger partial charge in [-0.05, 0) is 31.2 Å². The summed E-state index contributed by atoms with van der Waals surface area (Å²) in [4.78, 5) is 16.9. The minimum Gasteiger partial charge on any atom is -0.466 e. The lowest BCUT2D eigenvalue weighted by atomic mass is 9.91. The van der Waals surface area contributed by atoms with E-state index >= 15 is 0 Å². The van der Waals surface area contributed by atoms with Crippen LogP contribution in [0.25, 0.3) is 0 Å². The number of aliphatic imine (C=N–C) groups is 1. The van der Waals surface area contributed by atoms with E-state index < -0.39 is 0 Å². The number of thiophene rings is 1. The molecule has 7 heteroatoms. The second-order valence-corrected chi connectivity index (χ2v) is 7.63. The Hall–Kier alpha value is -0.830. The summed E-state index contributed by atoms with van der Waals surface area (Å²) in [5.74, 6) is 0.759. The zero-order valence-electron chi connectivity index (χ0n) is 16.5. The van der Waals surface area contributed by atoms with Gasteiger partial charge < -0.3 is 15.4 Å². The van der Waals surface area contributed by atoms with Crippen molar-refractivity contribution < 1.29 is 9.53 Å². The van der Waals surface area contributed by atoms with Crippen molar-refractivity contribution in [2.45, 2.75) is 58.3 Å². The topological polar surface area (TPSA) is 62.7 Å². The molecule has 0 bridgehead atoms. The summed E-state index contributed by atoms with van der Waals surface area (Å²) in [6.07, 6.45) is 4.66. The molecule has 0 aliphatic rings. The number of rotatable bonds is 11. The first kappa shape index (κ1) is 25.2. The maximum Gasteiger partial charge on any atom is 0.305 e. The van der Waals surface area contributed by atoms with E-state index in [1.807, 2.05) is 6.92 Å². The van der Waals surface area contributed by atoms with Gasteiger partial charge in [-0.25, -0.2) is 0 Å². The van der Waals surface area contributed by atoms with Crippen molar-refractivity contribution >= 4 is 47.2 Å². The zero-order chi connectivity index (χ0) is 18.5. The number of hydrogen-bond acceptors (Lipinski definition) is 4. The fourth-order valence-electron chi connectivity index (χ4n) is 2.46. The fraction of sp³-hybridized carbons (Fsp3) is 0.684. The van der Waals surface area contributed by atoms with Crippen LogP contribution in [0.15, 0.2) is 22.5 Å². The van der Waals surface area contributed by atoms with Crippen LogP contribution < -0.4 is 10.6 Å². The molecule has 0 spiro atoms. The van der Waals surface area contributed by atoms with Gasteiger partial charge >= 0.3 is 5.97 Å². The largest absolute Gasteiger partial charge is 0.466 e. The van der Waals surface area contributed by atoms with Gasteiger partial charge in [-0.1, -0.05) is 32.8 Å². The molecule has 0 saturated heterocycles. The third-order valence-electron chi connectivity index (χ3n) is 4.02. The van der Waals surface area contributed by atoms with E-state index in [4.69, 9.17) is 4.74 Å². The SMILES string of the molecule is CCOC(=O)CCCCCCNC(=NC)NCC(C)(C)c1cccs1.I. The maximum atomic E-state index is 11.2. The van der Waals surface area contributed by atoms with Crippen molar-refractivity contribution in [3.63, 3.8) is 0 Å². The van der Waals surface area contributed by atoms with Gasteiger partial charge in [0.05, 0.1) is 6.61 Å². The lowest BCUT2D eigenvalue weighted by Gasteiger charge is -2.25. The fourth-order valence-corrected chi connectivity index (χ4v) is 3.32. The van der Waals surface area contributed by atoms with Crippen LogP contribution >= 0.6 is 35.3 Å². The molecule has 0 atom stereocenters. The molecule has 1 heterocycles. The highest BCUT2D eigenvalue weighted by Crippen LogP contribution is 2.26. The van der Waals surface area contributed by atoms with E-state index in [-0.39, 0.29) is 35.4 Å². The van der Waals surface area contributed by atoms with Crippen LogP contribution in [-0.2, 0) is 14.9 Å². The lowest BCUT2D eigenvalue weighted by Crippen LogP contribution is -2.43. The summed E-state index contributed by atoms with van der Waals surface area (Å²) >= 11 is 1.79. The summed E-state index contributed by atoms with van der Waals surface area (Å²) in [7, 11) is 1.80. The molecule has 0 aliphatic carbocycles. The molecular weight excluding hydrogens is 461 g/mol. The number of halogens is 1. The van der Waals surface area contributed by atoms with Crippen LogP contribution in [0.1, 0.15) is 57.8 Å². The number of guanidine groups is 1. The van der Waals surface area contributed by atoms with Gasteiger partial charge in [-0.3, -0.25) is 9.79 Å². The van der Waals surface area contributed by atoms with E-state index in [2.05, 4.69) is 47.0 Å². The molecular formula is C19H34IN3O2S. The Morgan fingerprint density at radius 2 is 1.96 bits per heavy atom. The predicted octanol–water partition coefficient (Wildman–Crippen LogP) is 4.32. The molecule has 0 aliphatic heterocycles. The van der Waals surface area contributed by atoms with Crippen LogP contribution in [0.2, 0.25) is 0 Å². The normalized spacial score (nSPS) is 11.6. The van der Waals surface area contributed by atoms with Crippen molar-refractivity contribution in [2.24, 2.45) is 4.99 Å². The summed E-state index contributed by atoms with van der Waals surface area (Å²) in [5, 5.41) is 8.89. The average Bonchev–Trinajstić information content (AvgIpc) is 3.12. The number of carbonyl (C=O) groups is 1. The standard InChI is InChI=1S/C19H33N3O2S.HI/c1-5-24-17(23)12-8-6-7-9-13-21-18(20-4)22-15-19(2,3)16-11-10-14-25-16;/h10-11,14H,5-9,12-13,15H2,1-4H3,(H2,20,21,22);1H. The van der Waals surface area contributed by atoms with E-state index in [0.29, 0.717) is 13.0 Å². The second-order valence-electron chi connectivity index (χ2n) is 6.68. The van der Waals surface area contributed by atoms with Crippen molar-refractivity contribution in [1.29, 1.82) is 0 Å². The Bertz CT molecular complexity index is 519. The van der Waals surface area contributed by atoms with Gasteiger partial charge in [0.25, 0.3) is 0 Å². The molecule has 0 unspecified atom stereocenters. The van der Waals surface area contributed by atoms with Gasteiger partial charge in [0.15, 0.2) is 5.96 Å². The van der Waals surface area contributed by atoms with E-state index in [1.165, 1.54) is 4.88 Å². The Labute approximate surface area is 179 Å². The molecule has 5 nitrogen and oxygen atoms in total. The van der Waals surface area contributed by atoms with E-state index in [1.54, 1.807) is 18.4 Å². The van der Waals surface area contributed by atoms with Gasteiger partial charge in [-0.15, -0.1) is 35.3 Å². The van der Waals surface area contributed by atoms with Gasteiger partial charge in [0, 0.05) is 36.9 Å². The summed E-state index contributed by atoms with van der Waals surface area (Å²) in [6, 6.07) is 4.27. The minimum absolute atomic E-state index is 0. The van der Waals surface area contributed by atoms with Crippen LogP contribution in [0.5, 0.6) is 0 Å². The minimum atomic E-state index is -0.0846. The highest BCUT2D eigenvalue weighted by Gasteiger charge is 2.21. The van der Waals surface area contributed by atoms with Crippen LogP contribution in [-0.4, -0.2) is 38.7 Å². The lowest BCUT2D eigenvalue weighted by molar-refractivity contribution is -0.143. The first-order valence-corrected chi connectivity index (χ1v) is 10.0. The number of hydrogen-bond donors (Lipinski definition) is 2. The number of unbranched alkanes of at least 4 members (excludes halogenated alkanes) is 3. The van der Waals surface area contributed by atoms with E-state index in [9.17, 15) is 4.79 Å². The average molecular weight is 495 g/mol. The highest BCUT2D eigenvalue weighted by molar-refractivity contribution is 14.0. The quantitative estimate of drug-likeness (QED) is 0.158. The van der Waals surface area contributed by atoms with Crippen molar-refractivity contribution in [1.82, 2.24) is 10.6 Å². The van der Waals surface area contributed by atoms with Gasteiger partial charge in [0.2, 0.25) is 0 Å². The number of carbonyl (C=O) groups excluding carboxylic acids is 1. The number of ether oxygens (including phenoxy) is 1. The Morgan fingerprint density at radius 1 is 1.23 bits per heavy atom. The third kappa shape index (κ3) is 10.4. The zero-order valence-corrected chi connectivity index (χ0v) is 19.6. The predicted molar refractivity (Wildman–Crippen MR) is 122 cm³/mol. The number of esters is 1. The second kappa shape index (κ2) is 14.3. The van der Waals surface area contributed by atoms with Crippen LogP contribution in [0.3, 0.4) is 0 Å². The van der Waals surface area contributed by atoms with Gasteiger partial charge in [0.1, 0.15) is 0 Å². The Morgan fingerprint density at radius 3 is 2.58 bits per heavy atom. The summed E-state index contributed by atoms with van der Waals surface area (Å²) in [6.45, 7) is 8.51. The molecule has 1 aromatic heterocycles. The van der Waals surface area contributed by atoms with Crippen molar-refractivity contribution in [3.8, 4) is 0 Å². The molecule has 0 amide bonds. The monoisotopic (exact) mass is 495 g/mol. The molecule has 2 N–H and O–H groups in total. The third-order valence-corrected chi connectivity index (χ3v) is 5.25.